The molecule has 0 amide bonds. The van der Waals surface area contributed by atoms with Crippen LogP contribution in [0.2, 0.25) is 0 Å². The Bertz CT molecular complexity index is 3440. The van der Waals surface area contributed by atoms with Crippen molar-refractivity contribution in [1.82, 2.24) is 19.9 Å². The van der Waals surface area contributed by atoms with Crippen LogP contribution in [-0.4, -0.2) is 197 Å². The van der Waals surface area contributed by atoms with Gasteiger partial charge in [0.2, 0.25) is 0 Å². The second-order valence-corrected chi connectivity index (χ2v) is 17.3. The van der Waals surface area contributed by atoms with Crippen LogP contribution < -0.4 is 15.5 Å². The van der Waals surface area contributed by atoms with Crippen LogP contribution in [0, 0.1) is 6.57 Å². The van der Waals surface area contributed by atoms with Gasteiger partial charge in [-0.05, 0) is 147 Å². The minimum Gasteiger partial charge on any atom is -0.366 e. The van der Waals surface area contributed by atoms with E-state index < -0.39 is 63.9 Å². The number of nitrogens with zero attached hydrogens (tertiary/aromatic N) is 5. The van der Waals surface area contributed by atoms with Crippen LogP contribution in [0.4, 0.5) is 17.1 Å². The van der Waals surface area contributed by atoms with E-state index in [1.807, 2.05) is 24.5 Å². The van der Waals surface area contributed by atoms with Gasteiger partial charge in [0.1, 0.15) is 0 Å². The van der Waals surface area contributed by atoms with Crippen LogP contribution in [0.25, 0.3) is 4.85 Å². The van der Waals surface area contributed by atoms with E-state index in [2.05, 4.69) is 192 Å². The Morgan fingerprint density at radius 1 is 0.537 bits per heavy atom. The number of rotatable bonds is 15. The van der Waals surface area contributed by atoms with E-state index in [-0.39, 0.29) is 0 Å². The summed E-state index contributed by atoms with van der Waals surface area (Å²) in [4.78, 5) is 22.5. The van der Waals surface area contributed by atoms with Crippen LogP contribution in [-0.2, 0) is 32.5 Å². The number of fused-ring (bicyclic) bond motifs is 2. The molecular formula is C49H32B23N8. The number of nitrogens with one attached hydrogen (secondary N) is 2. The molecule has 2 aliphatic heterocycles. The van der Waals surface area contributed by atoms with Crippen molar-refractivity contribution in [1.29, 1.82) is 0 Å². The highest BCUT2D eigenvalue weighted by atomic mass is 15.2. The van der Waals surface area contributed by atoms with Gasteiger partial charge < -0.3 is 25.5 Å². The molecule has 4 N–H and O–H groups in total. The number of anilines is 2. The molecule has 0 spiro atoms. The number of benzene rings is 2. The molecule has 80 heavy (non-hydrogen) atoms. The van der Waals surface area contributed by atoms with Crippen molar-refractivity contribution in [3.05, 3.63) is 234 Å². The summed E-state index contributed by atoms with van der Waals surface area (Å²) in [5, 5.41) is 0. The summed E-state index contributed by atoms with van der Waals surface area (Å²) in [6, 6.07) is 12.5. The van der Waals surface area contributed by atoms with Crippen molar-refractivity contribution in [2.75, 3.05) is 22.9 Å². The van der Waals surface area contributed by atoms with Gasteiger partial charge in [-0.25, -0.2) is 14.8 Å². The molecule has 0 atom stereocenters. The average molecular weight is 982 g/mol. The minimum atomic E-state index is -0.925. The molecule has 0 fully saturated rings. The maximum absolute atomic E-state index is 7.06. The molecule has 25 radical (unpaired) electrons. The van der Waals surface area contributed by atoms with E-state index in [4.69, 9.17) is 105 Å². The van der Waals surface area contributed by atoms with E-state index in [0.717, 1.165) is 50.4 Å². The summed E-state index contributed by atoms with van der Waals surface area (Å²) in [6.07, 6.45) is 1.30. The van der Waals surface area contributed by atoms with Crippen LogP contribution in [0.5, 0.6) is 0 Å². The van der Waals surface area contributed by atoms with Gasteiger partial charge in [-0.2, -0.15) is 0 Å². The van der Waals surface area contributed by atoms with E-state index in [1.165, 1.54) is 35.1 Å². The molecule has 4 heterocycles. The van der Waals surface area contributed by atoms with Crippen molar-refractivity contribution in [3.8, 4) is 0 Å². The van der Waals surface area contributed by atoms with Gasteiger partial charge in [-0.3, -0.25) is 0 Å². The molecule has 6 rings (SSSR count). The summed E-state index contributed by atoms with van der Waals surface area (Å²) < 4.78 is 0. The van der Waals surface area contributed by atoms with Gasteiger partial charge >= 0.3 is 0 Å². The van der Waals surface area contributed by atoms with Crippen molar-refractivity contribution in [3.63, 3.8) is 0 Å². The number of aromatic nitrogens is 4. The highest BCUT2D eigenvalue weighted by molar-refractivity contribution is 8.22. The highest BCUT2D eigenvalue weighted by Crippen LogP contribution is 2.33. The van der Waals surface area contributed by atoms with Crippen LogP contribution >= 0.6 is 0 Å². The lowest BCUT2D eigenvalue weighted by molar-refractivity contribution is 0.819. The lowest BCUT2D eigenvalue weighted by atomic mass is 8.36. The van der Waals surface area contributed by atoms with Crippen molar-refractivity contribution >= 4 is 181 Å². The fourth-order valence-electron chi connectivity index (χ4n) is 8.43. The van der Waals surface area contributed by atoms with Crippen LogP contribution in [0.15, 0.2) is 195 Å². The summed E-state index contributed by atoms with van der Waals surface area (Å²) in [6.45, 7) is 18.1. The number of aromatic amines is 2. The first kappa shape index (κ1) is 66.8. The SMILES string of the molecule is C=C=C=C=C=C=C=C=C=C=C=C=C=C=C=C=C=C=C=C=C=C=C.NCc1ccc2c(c1)N(Cc1cnc[nH]1)CC2.[B][B]B([B])B(B([B])[B])B(B(B([B])[B])B([B])[B])B(B([B])[B])B([B])[B].[C-]#[N+]c1ccc2c(c1)N(Cc1cnc[nH]1)CC2. The first-order valence-corrected chi connectivity index (χ1v) is 24.5. The fraction of sp³-hybridized carbons (Fsp3) is 0.143. The molecule has 2 aromatic carbocycles. The molecule has 0 saturated carbocycles. The quantitative estimate of drug-likeness (QED) is 0.0831. The fourth-order valence-corrected chi connectivity index (χ4v) is 8.43. The maximum Gasteiger partial charge on any atom is 0.189 e. The monoisotopic (exact) mass is 985 g/mol. The van der Waals surface area contributed by atoms with Gasteiger partial charge in [0.15, 0.2) is 5.69 Å². The normalized spacial score (nSPS) is 9.60. The molecule has 0 saturated heterocycles. The number of hydrogen-bond donors (Lipinski definition) is 3. The van der Waals surface area contributed by atoms with Gasteiger partial charge in [0.05, 0.1) is 43.7 Å². The summed E-state index contributed by atoms with van der Waals surface area (Å²) >= 11 is 0. The number of H-pyrrole nitrogens is 2. The molecule has 0 bridgehead atoms. The smallest absolute Gasteiger partial charge is 0.189 e. The largest absolute Gasteiger partial charge is 0.366 e. The van der Waals surface area contributed by atoms with E-state index >= 15 is 0 Å². The standard InChI is InChI=1S/C23H4.C13H12N4.C13H16N4.B23/c1-3-5-7-9-11-13-15-17-19-21-23-22-20-18-16-14-12-10-8-6-4-2;1-14-11-3-2-10-4-5-17(13(10)6-11)8-12-7-15-9-16-12;14-6-10-1-2-11-3-4-17(13(11)5-10)8-12-7-15-9-16-12;1-13-19(12)22(18(10)11)23(20(14(2)3)15(4)5)21(16(6)7)17(8)9/h1-2H2;2-3,6-7,9H,4-5,8H2,(H,15,16);1-2,5,7,9H,3-4,6,8,14H2,(H,15,16);. The van der Waals surface area contributed by atoms with Gasteiger partial charge in [0, 0.05) is 224 Å². The summed E-state index contributed by atoms with van der Waals surface area (Å²) in [7, 11) is 71.4. The maximum atomic E-state index is 7.06. The third kappa shape index (κ3) is 23.5. The van der Waals surface area contributed by atoms with E-state index in [1.54, 1.807) is 12.7 Å². The Morgan fingerprint density at radius 2 is 0.900 bits per heavy atom. The first-order chi connectivity index (χ1) is 38.6. The predicted molar refractivity (Wildman–Crippen MR) is 351 cm³/mol. The third-order valence-electron chi connectivity index (χ3n) is 11.9. The second kappa shape index (κ2) is 38.2. The molecular weight excluding hydrogens is 949 g/mol. The van der Waals surface area contributed by atoms with Crippen LogP contribution in [0.3, 0.4) is 0 Å². The van der Waals surface area contributed by atoms with E-state index in [9.17, 15) is 0 Å². The third-order valence-corrected chi connectivity index (χ3v) is 11.9. The molecule has 2 aromatic heterocycles. The zero-order valence-electron chi connectivity index (χ0n) is 44.2. The number of nitrogens with two attached hydrogens (primary N) is 1. The molecule has 8 nitrogen and oxygen atoms in total. The van der Waals surface area contributed by atoms with Gasteiger partial charge in [-0.1, -0.05) is 35.7 Å². The topological polar surface area (TPSA) is 94.2 Å². The van der Waals surface area contributed by atoms with Gasteiger partial charge in [0.25, 0.3) is 0 Å². The minimum absolute atomic E-state index is 0.602. The lowest BCUT2D eigenvalue weighted by Gasteiger charge is -2.45. The van der Waals surface area contributed by atoms with Gasteiger partial charge in [-0.15, -0.1) is 0 Å². The summed E-state index contributed by atoms with van der Waals surface area (Å²) in [5.74, 6) is 0. The van der Waals surface area contributed by atoms with Crippen molar-refractivity contribution in [2.45, 2.75) is 32.5 Å². The Hall–Kier alpha value is -7.48. The van der Waals surface area contributed by atoms with Crippen molar-refractivity contribution in [2.24, 2.45) is 5.73 Å². The predicted octanol–water partition coefficient (Wildman–Crippen LogP) is -0.745. The molecule has 337 valence electrons. The molecule has 0 unspecified atom stereocenters. The molecule has 2 aliphatic rings. The second-order valence-electron chi connectivity index (χ2n) is 17.3. The first-order valence-electron chi connectivity index (χ1n) is 24.5. The Morgan fingerprint density at radius 3 is 1.21 bits per heavy atom. The number of imidazole rings is 2. The molecule has 0 aliphatic carbocycles. The lowest BCUT2D eigenvalue weighted by Crippen LogP contribution is -2.83. The van der Waals surface area contributed by atoms with Crippen molar-refractivity contribution < 1.29 is 0 Å². The summed E-state index contributed by atoms with van der Waals surface area (Å²) in [5.41, 5.74) is 67.0. The highest BCUT2D eigenvalue weighted by Gasteiger charge is 2.47. The zero-order valence-corrected chi connectivity index (χ0v) is 44.2. The van der Waals surface area contributed by atoms with E-state index in [0.29, 0.717) is 12.2 Å². The Balaban J connectivity index is 0.000000282. The average Bonchev–Trinajstić information content (AvgIpc) is 4.30. The Kier molecular flexibility index (Phi) is 31.9. The number of hydrogen-bond acceptors (Lipinski definition) is 5. The zero-order chi connectivity index (χ0) is 58.7. The molecule has 31 heteroatoms. The molecule has 4 aromatic rings. The Labute approximate surface area is 493 Å². The van der Waals surface area contributed by atoms with Crippen LogP contribution in [0.1, 0.15) is 28.1 Å².